The molecule has 1 aromatic heterocycles. The number of aromatic nitrogens is 2. The fourth-order valence-corrected chi connectivity index (χ4v) is 1.29. The molecule has 0 amide bonds. The summed E-state index contributed by atoms with van der Waals surface area (Å²) in [6.07, 6.45) is 5.67. The van der Waals surface area contributed by atoms with Gasteiger partial charge in [-0.25, -0.2) is 9.97 Å². The SMILES string of the molecule is N#Cc1nccnc1NCCNC1CC1. The Morgan fingerprint density at radius 2 is 2.13 bits per heavy atom. The van der Waals surface area contributed by atoms with Gasteiger partial charge in [-0.15, -0.1) is 0 Å². The first-order chi connectivity index (χ1) is 7.40. The molecule has 1 fully saturated rings. The van der Waals surface area contributed by atoms with E-state index in [-0.39, 0.29) is 0 Å². The van der Waals surface area contributed by atoms with Crippen LogP contribution in [0.2, 0.25) is 0 Å². The molecule has 0 radical (unpaired) electrons. The van der Waals surface area contributed by atoms with Crippen molar-refractivity contribution in [2.45, 2.75) is 18.9 Å². The second-order valence-corrected chi connectivity index (χ2v) is 3.52. The second-order valence-electron chi connectivity index (χ2n) is 3.52. The number of hydrogen-bond acceptors (Lipinski definition) is 5. The van der Waals surface area contributed by atoms with Gasteiger partial charge in [0.2, 0.25) is 0 Å². The van der Waals surface area contributed by atoms with Crippen LogP contribution in [-0.2, 0) is 0 Å². The van der Waals surface area contributed by atoms with E-state index in [1.165, 1.54) is 19.0 Å². The van der Waals surface area contributed by atoms with Crippen LogP contribution in [0.3, 0.4) is 0 Å². The van der Waals surface area contributed by atoms with E-state index in [2.05, 4.69) is 20.6 Å². The normalized spacial score (nSPS) is 14.6. The minimum atomic E-state index is 0.351. The molecule has 1 aliphatic rings. The van der Waals surface area contributed by atoms with Crippen LogP contribution in [0.5, 0.6) is 0 Å². The number of nitrogens with one attached hydrogen (secondary N) is 2. The summed E-state index contributed by atoms with van der Waals surface area (Å²) in [6.45, 7) is 1.66. The molecule has 0 bridgehead atoms. The van der Waals surface area contributed by atoms with E-state index < -0.39 is 0 Å². The fraction of sp³-hybridized carbons (Fsp3) is 0.500. The molecule has 5 nitrogen and oxygen atoms in total. The lowest BCUT2D eigenvalue weighted by molar-refractivity contribution is 0.700. The van der Waals surface area contributed by atoms with Gasteiger partial charge >= 0.3 is 0 Å². The third-order valence-electron chi connectivity index (χ3n) is 2.23. The topological polar surface area (TPSA) is 73.6 Å². The summed E-state index contributed by atoms with van der Waals surface area (Å²) in [5.41, 5.74) is 0.351. The largest absolute Gasteiger partial charge is 0.366 e. The number of hydrogen-bond donors (Lipinski definition) is 2. The van der Waals surface area contributed by atoms with Gasteiger partial charge in [0.15, 0.2) is 11.5 Å². The molecule has 0 aromatic carbocycles. The van der Waals surface area contributed by atoms with Crippen molar-refractivity contribution in [1.82, 2.24) is 15.3 Å². The number of rotatable bonds is 5. The molecular weight excluding hydrogens is 190 g/mol. The zero-order valence-corrected chi connectivity index (χ0v) is 8.40. The average Bonchev–Trinajstić information content (AvgIpc) is 3.09. The Labute approximate surface area is 88.5 Å². The molecule has 1 aromatic rings. The highest BCUT2D eigenvalue weighted by atomic mass is 15.0. The molecule has 0 aliphatic heterocycles. The second kappa shape index (κ2) is 4.71. The van der Waals surface area contributed by atoms with E-state index in [9.17, 15) is 0 Å². The van der Waals surface area contributed by atoms with E-state index in [4.69, 9.17) is 5.26 Å². The zero-order chi connectivity index (χ0) is 10.5. The van der Waals surface area contributed by atoms with Crippen LogP contribution < -0.4 is 10.6 Å². The standard InChI is InChI=1S/C10H13N5/c11-7-9-10(15-6-4-13-9)14-5-3-12-8-1-2-8/h4,6,8,12H,1-3,5H2,(H,14,15). The monoisotopic (exact) mass is 203 g/mol. The van der Waals surface area contributed by atoms with Gasteiger partial charge < -0.3 is 10.6 Å². The first-order valence-electron chi connectivity index (χ1n) is 5.08. The molecule has 78 valence electrons. The Kier molecular flexibility index (Phi) is 3.10. The van der Waals surface area contributed by atoms with Crippen molar-refractivity contribution in [3.05, 3.63) is 18.1 Å². The average molecular weight is 203 g/mol. The molecule has 1 aliphatic carbocycles. The lowest BCUT2D eigenvalue weighted by Crippen LogP contribution is -2.24. The summed E-state index contributed by atoms with van der Waals surface area (Å²) in [5.74, 6) is 0.567. The Bertz CT molecular complexity index is 366. The van der Waals surface area contributed by atoms with Gasteiger partial charge in [0.25, 0.3) is 0 Å². The predicted octanol–water partition coefficient (Wildman–Crippen LogP) is 0.512. The van der Waals surface area contributed by atoms with Crippen LogP contribution in [0, 0.1) is 11.3 Å². The molecule has 2 rings (SSSR count). The quantitative estimate of drug-likeness (QED) is 0.682. The van der Waals surface area contributed by atoms with E-state index >= 15 is 0 Å². The number of anilines is 1. The van der Waals surface area contributed by atoms with Crippen LogP contribution in [0.25, 0.3) is 0 Å². The summed E-state index contributed by atoms with van der Waals surface area (Å²) < 4.78 is 0. The first-order valence-corrected chi connectivity index (χ1v) is 5.08. The van der Waals surface area contributed by atoms with Gasteiger partial charge in [0.1, 0.15) is 6.07 Å². The molecule has 2 N–H and O–H groups in total. The van der Waals surface area contributed by atoms with Gasteiger partial charge in [-0.3, -0.25) is 0 Å². The van der Waals surface area contributed by atoms with Crippen LogP contribution in [0.15, 0.2) is 12.4 Å². The van der Waals surface area contributed by atoms with E-state index in [0.29, 0.717) is 17.6 Å². The first kappa shape index (κ1) is 9.87. The van der Waals surface area contributed by atoms with Gasteiger partial charge in [0.05, 0.1) is 0 Å². The molecule has 1 saturated carbocycles. The van der Waals surface area contributed by atoms with Crippen LogP contribution in [0.1, 0.15) is 18.5 Å². The highest BCUT2D eigenvalue weighted by Gasteiger charge is 2.19. The molecule has 0 atom stereocenters. The fourth-order valence-electron chi connectivity index (χ4n) is 1.29. The third-order valence-corrected chi connectivity index (χ3v) is 2.23. The minimum absolute atomic E-state index is 0.351. The molecular formula is C10H13N5. The van der Waals surface area contributed by atoms with Gasteiger partial charge in [0, 0.05) is 31.5 Å². The Morgan fingerprint density at radius 3 is 2.87 bits per heavy atom. The summed E-state index contributed by atoms with van der Waals surface area (Å²) in [5, 5.41) is 15.2. The van der Waals surface area contributed by atoms with Crippen molar-refractivity contribution >= 4 is 5.82 Å². The number of nitriles is 1. The van der Waals surface area contributed by atoms with E-state index in [1.807, 2.05) is 6.07 Å². The summed E-state index contributed by atoms with van der Waals surface area (Å²) in [6, 6.07) is 2.71. The number of nitrogens with zero attached hydrogens (tertiary/aromatic N) is 3. The lowest BCUT2D eigenvalue weighted by atomic mass is 10.4. The maximum absolute atomic E-state index is 8.77. The van der Waals surface area contributed by atoms with Crippen LogP contribution >= 0.6 is 0 Å². The summed E-state index contributed by atoms with van der Waals surface area (Å²) >= 11 is 0. The lowest BCUT2D eigenvalue weighted by Gasteiger charge is -2.06. The molecule has 1 heterocycles. The maximum Gasteiger partial charge on any atom is 0.182 e. The Balaban J connectivity index is 1.79. The van der Waals surface area contributed by atoms with Crippen molar-refractivity contribution in [2.75, 3.05) is 18.4 Å². The highest BCUT2D eigenvalue weighted by Crippen LogP contribution is 2.17. The van der Waals surface area contributed by atoms with Crippen LogP contribution in [0.4, 0.5) is 5.82 Å². The Hall–Kier alpha value is -1.67. The predicted molar refractivity (Wildman–Crippen MR) is 56.3 cm³/mol. The van der Waals surface area contributed by atoms with Crippen molar-refractivity contribution < 1.29 is 0 Å². The van der Waals surface area contributed by atoms with Crippen molar-refractivity contribution in [3.63, 3.8) is 0 Å². The Morgan fingerprint density at radius 1 is 1.33 bits per heavy atom. The highest BCUT2D eigenvalue weighted by molar-refractivity contribution is 5.46. The molecule has 0 spiro atoms. The van der Waals surface area contributed by atoms with Gasteiger partial charge in [-0.05, 0) is 12.8 Å². The summed E-state index contributed by atoms with van der Waals surface area (Å²) in [7, 11) is 0. The summed E-state index contributed by atoms with van der Waals surface area (Å²) in [4.78, 5) is 7.97. The third kappa shape index (κ3) is 2.89. The van der Waals surface area contributed by atoms with Gasteiger partial charge in [-0.1, -0.05) is 0 Å². The molecule has 15 heavy (non-hydrogen) atoms. The zero-order valence-electron chi connectivity index (χ0n) is 8.40. The van der Waals surface area contributed by atoms with Gasteiger partial charge in [-0.2, -0.15) is 5.26 Å². The molecule has 0 unspecified atom stereocenters. The van der Waals surface area contributed by atoms with Crippen molar-refractivity contribution in [1.29, 1.82) is 5.26 Å². The molecule has 5 heteroatoms. The van der Waals surface area contributed by atoms with Crippen LogP contribution in [-0.4, -0.2) is 29.1 Å². The smallest absolute Gasteiger partial charge is 0.182 e. The molecule has 0 saturated heterocycles. The maximum atomic E-state index is 8.77. The van der Waals surface area contributed by atoms with Crippen molar-refractivity contribution in [3.8, 4) is 6.07 Å². The van der Waals surface area contributed by atoms with E-state index in [0.717, 1.165) is 13.1 Å². The minimum Gasteiger partial charge on any atom is -0.366 e. The van der Waals surface area contributed by atoms with E-state index in [1.54, 1.807) is 6.20 Å². The van der Waals surface area contributed by atoms with Crippen molar-refractivity contribution in [2.24, 2.45) is 0 Å².